The van der Waals surface area contributed by atoms with E-state index < -0.39 is 0 Å². The third-order valence-corrected chi connectivity index (χ3v) is 4.75. The summed E-state index contributed by atoms with van der Waals surface area (Å²) in [6, 6.07) is 0.535. The van der Waals surface area contributed by atoms with Gasteiger partial charge in [0, 0.05) is 18.0 Å². The fourth-order valence-corrected chi connectivity index (χ4v) is 3.77. The minimum absolute atomic E-state index is 0.0746. The molecule has 1 unspecified atom stereocenters. The zero-order chi connectivity index (χ0) is 14.2. The van der Waals surface area contributed by atoms with Crippen molar-refractivity contribution in [1.82, 2.24) is 4.98 Å². The van der Waals surface area contributed by atoms with E-state index in [1.165, 1.54) is 19.3 Å². The second-order valence-corrected chi connectivity index (χ2v) is 7.35. The number of anilines is 1. The van der Waals surface area contributed by atoms with Gasteiger partial charge in [-0.3, -0.25) is 5.41 Å². The molecule has 0 aliphatic carbocycles. The van der Waals surface area contributed by atoms with Crippen molar-refractivity contribution < 1.29 is 0 Å². The molecule has 0 radical (unpaired) electrons. The SMILES string of the molecule is CC1CCCCN1c1nc(C(C)(C)C)c(C(=N)N)s1. The van der Waals surface area contributed by atoms with E-state index in [-0.39, 0.29) is 11.3 Å². The maximum Gasteiger partial charge on any atom is 0.186 e. The molecule has 1 aliphatic heterocycles. The van der Waals surface area contributed by atoms with Crippen LogP contribution in [-0.4, -0.2) is 23.4 Å². The number of amidine groups is 1. The molecule has 0 saturated carbocycles. The van der Waals surface area contributed by atoms with Crippen LogP contribution in [0.25, 0.3) is 0 Å². The van der Waals surface area contributed by atoms with Gasteiger partial charge in [-0.2, -0.15) is 0 Å². The molecule has 0 aromatic carbocycles. The summed E-state index contributed by atoms with van der Waals surface area (Å²) in [5.74, 6) is 0.137. The summed E-state index contributed by atoms with van der Waals surface area (Å²) in [4.78, 5) is 8.00. The number of piperidine rings is 1. The molecular formula is C14H24N4S. The Kier molecular flexibility index (Phi) is 3.85. The predicted octanol–water partition coefficient (Wildman–Crippen LogP) is 3.10. The summed E-state index contributed by atoms with van der Waals surface area (Å²) in [5, 5.41) is 8.79. The summed E-state index contributed by atoms with van der Waals surface area (Å²) in [6.45, 7) is 9.69. The first kappa shape index (κ1) is 14.3. The summed E-state index contributed by atoms with van der Waals surface area (Å²) in [7, 11) is 0. The third-order valence-electron chi connectivity index (χ3n) is 3.62. The van der Waals surface area contributed by atoms with Gasteiger partial charge in [-0.1, -0.05) is 32.1 Å². The van der Waals surface area contributed by atoms with Crippen LogP contribution in [0.1, 0.15) is 57.5 Å². The lowest BCUT2D eigenvalue weighted by Gasteiger charge is -2.33. The van der Waals surface area contributed by atoms with Crippen molar-refractivity contribution in [1.29, 1.82) is 5.41 Å². The molecule has 0 amide bonds. The Morgan fingerprint density at radius 2 is 2.11 bits per heavy atom. The first-order chi connectivity index (χ1) is 8.80. The fraction of sp³-hybridized carbons (Fsp3) is 0.714. The van der Waals surface area contributed by atoms with E-state index in [4.69, 9.17) is 16.1 Å². The lowest BCUT2D eigenvalue weighted by molar-refractivity contribution is 0.482. The van der Waals surface area contributed by atoms with E-state index in [0.29, 0.717) is 6.04 Å². The van der Waals surface area contributed by atoms with Crippen molar-refractivity contribution in [2.24, 2.45) is 5.73 Å². The average Bonchev–Trinajstić information content (AvgIpc) is 2.74. The van der Waals surface area contributed by atoms with Gasteiger partial charge in [-0.25, -0.2) is 4.98 Å². The maximum absolute atomic E-state index is 7.76. The predicted molar refractivity (Wildman–Crippen MR) is 82.5 cm³/mol. The van der Waals surface area contributed by atoms with Gasteiger partial charge in [-0.15, -0.1) is 0 Å². The lowest BCUT2D eigenvalue weighted by Crippen LogP contribution is -2.37. The third kappa shape index (κ3) is 2.91. The Balaban J connectivity index is 2.40. The van der Waals surface area contributed by atoms with Crippen molar-refractivity contribution in [3.05, 3.63) is 10.6 Å². The van der Waals surface area contributed by atoms with E-state index in [0.717, 1.165) is 22.2 Å². The van der Waals surface area contributed by atoms with Gasteiger partial charge in [0.1, 0.15) is 5.84 Å². The summed E-state index contributed by atoms with van der Waals surface area (Å²) < 4.78 is 0. The number of thiazole rings is 1. The number of nitrogens with one attached hydrogen (secondary N) is 1. The standard InChI is InChI=1S/C14H24N4S/c1-9-7-5-6-8-18(9)13-17-11(14(2,3)4)10(19-13)12(15)16/h9H,5-8H2,1-4H3,(H3,15,16). The normalized spacial score (nSPS) is 20.6. The van der Waals surface area contributed by atoms with Crippen LogP contribution >= 0.6 is 11.3 Å². The molecule has 2 rings (SSSR count). The lowest BCUT2D eigenvalue weighted by atomic mass is 9.91. The Labute approximate surface area is 119 Å². The maximum atomic E-state index is 7.76. The average molecular weight is 280 g/mol. The monoisotopic (exact) mass is 280 g/mol. The van der Waals surface area contributed by atoms with Gasteiger partial charge in [-0.05, 0) is 26.2 Å². The first-order valence-electron chi connectivity index (χ1n) is 6.93. The minimum Gasteiger partial charge on any atom is -0.383 e. The fourth-order valence-electron chi connectivity index (χ4n) is 2.50. The van der Waals surface area contributed by atoms with Crippen LogP contribution in [0.15, 0.2) is 0 Å². The van der Waals surface area contributed by atoms with Gasteiger partial charge in [0.15, 0.2) is 5.13 Å². The number of rotatable bonds is 2. The van der Waals surface area contributed by atoms with E-state index in [9.17, 15) is 0 Å². The van der Waals surface area contributed by atoms with Gasteiger partial charge in [0.2, 0.25) is 0 Å². The molecule has 4 nitrogen and oxygen atoms in total. The molecule has 1 aromatic rings. The molecule has 1 aliphatic rings. The molecule has 2 heterocycles. The molecule has 0 spiro atoms. The number of hydrogen-bond donors (Lipinski definition) is 2. The van der Waals surface area contributed by atoms with E-state index in [2.05, 4.69) is 32.6 Å². The van der Waals surface area contributed by atoms with Crippen molar-refractivity contribution in [2.45, 2.75) is 58.4 Å². The van der Waals surface area contributed by atoms with Crippen LogP contribution in [0.5, 0.6) is 0 Å². The highest BCUT2D eigenvalue weighted by atomic mass is 32.1. The van der Waals surface area contributed by atoms with Crippen LogP contribution in [0, 0.1) is 5.41 Å². The first-order valence-corrected chi connectivity index (χ1v) is 7.74. The van der Waals surface area contributed by atoms with Gasteiger partial charge < -0.3 is 10.6 Å². The summed E-state index contributed by atoms with van der Waals surface area (Å²) in [5.41, 5.74) is 6.61. The van der Waals surface area contributed by atoms with Crippen LogP contribution in [0.2, 0.25) is 0 Å². The van der Waals surface area contributed by atoms with E-state index in [1.54, 1.807) is 11.3 Å². The Bertz CT molecular complexity index is 472. The van der Waals surface area contributed by atoms with Crippen molar-refractivity contribution >= 4 is 22.3 Å². The number of nitrogens with two attached hydrogens (primary N) is 1. The highest BCUT2D eigenvalue weighted by molar-refractivity contribution is 7.17. The van der Waals surface area contributed by atoms with Gasteiger partial charge >= 0.3 is 0 Å². The largest absolute Gasteiger partial charge is 0.383 e. The van der Waals surface area contributed by atoms with Crippen molar-refractivity contribution in [3.8, 4) is 0 Å². The number of aromatic nitrogens is 1. The molecule has 1 fully saturated rings. The highest BCUT2D eigenvalue weighted by Crippen LogP contribution is 2.35. The Morgan fingerprint density at radius 3 is 2.58 bits per heavy atom. The molecule has 106 valence electrons. The van der Waals surface area contributed by atoms with Crippen molar-refractivity contribution in [3.63, 3.8) is 0 Å². The summed E-state index contributed by atoms with van der Waals surface area (Å²) in [6.07, 6.45) is 3.75. The number of nitrogen functional groups attached to an aromatic ring is 1. The molecule has 0 bridgehead atoms. The second kappa shape index (κ2) is 5.12. The zero-order valence-electron chi connectivity index (χ0n) is 12.3. The van der Waals surface area contributed by atoms with E-state index >= 15 is 0 Å². The summed E-state index contributed by atoms with van der Waals surface area (Å²) >= 11 is 1.57. The minimum atomic E-state index is -0.0746. The quantitative estimate of drug-likeness (QED) is 0.646. The van der Waals surface area contributed by atoms with E-state index in [1.807, 2.05) is 0 Å². The van der Waals surface area contributed by atoms with Crippen LogP contribution < -0.4 is 10.6 Å². The highest BCUT2D eigenvalue weighted by Gasteiger charge is 2.28. The van der Waals surface area contributed by atoms with Crippen LogP contribution in [0.3, 0.4) is 0 Å². The number of nitrogens with zero attached hydrogens (tertiary/aromatic N) is 2. The van der Waals surface area contributed by atoms with Gasteiger partial charge in [0.25, 0.3) is 0 Å². The Hall–Kier alpha value is -1.10. The van der Waals surface area contributed by atoms with Crippen LogP contribution in [0.4, 0.5) is 5.13 Å². The van der Waals surface area contributed by atoms with Gasteiger partial charge in [0.05, 0.1) is 10.6 Å². The zero-order valence-corrected chi connectivity index (χ0v) is 13.1. The molecule has 1 atom stereocenters. The molecule has 1 saturated heterocycles. The topological polar surface area (TPSA) is 66.0 Å². The van der Waals surface area contributed by atoms with Crippen LogP contribution in [-0.2, 0) is 5.41 Å². The van der Waals surface area contributed by atoms with Crippen molar-refractivity contribution in [2.75, 3.05) is 11.4 Å². The second-order valence-electron chi connectivity index (χ2n) is 6.38. The molecule has 1 aromatic heterocycles. The molecule has 19 heavy (non-hydrogen) atoms. The molecule has 5 heteroatoms. The smallest absolute Gasteiger partial charge is 0.186 e. The number of hydrogen-bond acceptors (Lipinski definition) is 4. The Morgan fingerprint density at radius 1 is 1.42 bits per heavy atom. The molecular weight excluding hydrogens is 256 g/mol. The molecule has 3 N–H and O–H groups in total.